The number of nitrogens with one attached hydrogen (secondary N) is 1. The molecule has 0 fully saturated rings. The highest BCUT2D eigenvalue weighted by Gasteiger charge is 2.31. The number of aryl methyl sites for hydroxylation is 1. The summed E-state index contributed by atoms with van der Waals surface area (Å²) in [4.78, 5) is 4.07. The number of fused-ring (bicyclic) bond motifs is 2. The van der Waals surface area contributed by atoms with E-state index in [2.05, 4.69) is 9.71 Å². The van der Waals surface area contributed by atoms with Crippen LogP contribution in [0.4, 0.5) is 4.39 Å². The molecule has 0 aliphatic heterocycles. The van der Waals surface area contributed by atoms with Gasteiger partial charge < -0.3 is 0 Å². The number of pyridine rings is 1. The van der Waals surface area contributed by atoms with E-state index in [1.165, 1.54) is 16.5 Å². The number of nitrogens with zero attached hydrogens (tertiary/aromatic N) is 2. The van der Waals surface area contributed by atoms with E-state index < -0.39 is 16.1 Å². The van der Waals surface area contributed by atoms with Crippen LogP contribution in [-0.4, -0.2) is 17.8 Å². The Hall–Kier alpha value is -1.96. The van der Waals surface area contributed by atoms with Gasteiger partial charge in [-0.05, 0) is 48.2 Å². The number of halogens is 2. The highest BCUT2D eigenvalue weighted by atomic mass is 35.5. The average Bonchev–Trinajstić information content (AvgIpc) is 3.06. The van der Waals surface area contributed by atoms with Gasteiger partial charge in [0, 0.05) is 12.2 Å². The van der Waals surface area contributed by atoms with Crippen molar-refractivity contribution in [2.45, 2.75) is 23.9 Å². The van der Waals surface area contributed by atoms with Crippen molar-refractivity contribution in [3.8, 4) is 0 Å². The number of hydrogen-bond donors (Lipinski definition) is 1. The lowest BCUT2D eigenvalue weighted by Gasteiger charge is -2.14. The minimum atomic E-state index is -3.89. The Kier molecular flexibility index (Phi) is 3.59. The van der Waals surface area contributed by atoms with Gasteiger partial charge in [-0.25, -0.2) is 22.5 Å². The number of sulfonamides is 1. The Morgan fingerprint density at radius 2 is 2.12 bits per heavy atom. The Balaban J connectivity index is 1.74. The molecule has 0 saturated heterocycles. The Morgan fingerprint density at radius 3 is 2.96 bits per heavy atom. The number of benzene rings is 1. The largest absolute Gasteiger partial charge is 0.288 e. The van der Waals surface area contributed by atoms with E-state index in [-0.39, 0.29) is 16.0 Å². The van der Waals surface area contributed by atoms with E-state index in [0.717, 1.165) is 11.1 Å². The molecule has 24 heavy (non-hydrogen) atoms. The lowest BCUT2D eigenvalue weighted by molar-refractivity contribution is 0.550. The summed E-state index contributed by atoms with van der Waals surface area (Å²) < 4.78 is 43.1. The third kappa shape index (κ3) is 2.49. The summed E-state index contributed by atoms with van der Waals surface area (Å²) in [5.41, 5.74) is 2.08. The van der Waals surface area contributed by atoms with Crippen LogP contribution in [0.25, 0.3) is 5.65 Å². The van der Waals surface area contributed by atoms with Crippen LogP contribution in [0.5, 0.6) is 0 Å². The standard InChI is InChI=1S/C16H13ClFN3O2S/c17-15-16(21-8-2-1-3-14(21)19-15)24(22,23)20-13-7-4-10-9-11(18)5-6-12(10)13/h1-3,5-6,8-9,13,20H,4,7H2/t13-/m0/s1. The minimum Gasteiger partial charge on any atom is -0.288 e. The predicted molar refractivity (Wildman–Crippen MR) is 88.0 cm³/mol. The molecule has 0 amide bonds. The van der Waals surface area contributed by atoms with E-state index in [4.69, 9.17) is 11.6 Å². The van der Waals surface area contributed by atoms with Crippen LogP contribution in [0.1, 0.15) is 23.6 Å². The van der Waals surface area contributed by atoms with Crippen molar-refractivity contribution in [1.29, 1.82) is 0 Å². The fourth-order valence-corrected chi connectivity index (χ4v) is 5.03. The van der Waals surface area contributed by atoms with E-state index in [1.807, 2.05) is 0 Å². The molecule has 1 N–H and O–H groups in total. The monoisotopic (exact) mass is 365 g/mol. The molecule has 0 radical (unpaired) electrons. The fourth-order valence-electron chi connectivity index (χ4n) is 3.14. The summed E-state index contributed by atoms with van der Waals surface area (Å²) in [6, 6.07) is 9.15. The lowest BCUT2D eigenvalue weighted by Crippen LogP contribution is -2.28. The maximum atomic E-state index is 13.3. The molecule has 8 heteroatoms. The highest BCUT2D eigenvalue weighted by molar-refractivity contribution is 7.89. The normalized spacial score (nSPS) is 17.3. The topological polar surface area (TPSA) is 63.5 Å². The smallest absolute Gasteiger partial charge is 0.260 e. The second kappa shape index (κ2) is 5.54. The summed E-state index contributed by atoms with van der Waals surface area (Å²) in [6.45, 7) is 0. The van der Waals surface area contributed by atoms with Crippen LogP contribution >= 0.6 is 11.6 Å². The molecule has 4 rings (SSSR count). The van der Waals surface area contributed by atoms with Crippen molar-refractivity contribution >= 4 is 27.3 Å². The Bertz CT molecular complexity index is 1050. The van der Waals surface area contributed by atoms with Crippen molar-refractivity contribution in [3.05, 3.63) is 64.7 Å². The minimum absolute atomic E-state index is 0.0778. The van der Waals surface area contributed by atoms with Gasteiger partial charge in [-0.15, -0.1) is 0 Å². The zero-order chi connectivity index (χ0) is 16.9. The van der Waals surface area contributed by atoms with E-state index >= 15 is 0 Å². The molecular weight excluding hydrogens is 353 g/mol. The molecule has 0 saturated carbocycles. The highest BCUT2D eigenvalue weighted by Crippen LogP contribution is 2.33. The lowest BCUT2D eigenvalue weighted by atomic mass is 10.1. The summed E-state index contributed by atoms with van der Waals surface area (Å²) in [5, 5.41) is -0.165. The van der Waals surface area contributed by atoms with Crippen LogP contribution in [0.3, 0.4) is 0 Å². The molecule has 2 heterocycles. The summed E-state index contributed by atoms with van der Waals surface area (Å²) in [7, 11) is -3.89. The first-order valence-corrected chi connectivity index (χ1v) is 9.25. The molecule has 3 aromatic rings. The van der Waals surface area contributed by atoms with Gasteiger partial charge in [0.25, 0.3) is 10.0 Å². The van der Waals surface area contributed by atoms with E-state index in [0.29, 0.717) is 18.5 Å². The first-order chi connectivity index (χ1) is 11.5. The summed E-state index contributed by atoms with van der Waals surface area (Å²) in [5.74, 6) is -0.318. The molecule has 2 aromatic heterocycles. The van der Waals surface area contributed by atoms with Crippen molar-refractivity contribution in [1.82, 2.24) is 14.1 Å². The molecule has 0 spiro atoms. The van der Waals surface area contributed by atoms with Crippen molar-refractivity contribution < 1.29 is 12.8 Å². The average molecular weight is 366 g/mol. The van der Waals surface area contributed by atoms with Crippen molar-refractivity contribution in [3.63, 3.8) is 0 Å². The zero-order valence-electron chi connectivity index (χ0n) is 12.4. The van der Waals surface area contributed by atoms with Crippen molar-refractivity contribution in [2.24, 2.45) is 0 Å². The second-order valence-electron chi connectivity index (χ2n) is 5.69. The van der Waals surface area contributed by atoms with Gasteiger partial charge in [0.15, 0.2) is 10.2 Å². The quantitative estimate of drug-likeness (QED) is 0.775. The van der Waals surface area contributed by atoms with E-state index in [1.54, 1.807) is 30.5 Å². The maximum Gasteiger partial charge on any atom is 0.260 e. The van der Waals surface area contributed by atoms with Gasteiger partial charge >= 0.3 is 0 Å². The van der Waals surface area contributed by atoms with Gasteiger partial charge in [0.2, 0.25) is 0 Å². The van der Waals surface area contributed by atoms with E-state index in [9.17, 15) is 12.8 Å². The van der Waals surface area contributed by atoms with Crippen LogP contribution in [0, 0.1) is 5.82 Å². The molecule has 5 nitrogen and oxygen atoms in total. The Labute approximate surface area is 143 Å². The first-order valence-electron chi connectivity index (χ1n) is 7.39. The molecule has 0 bridgehead atoms. The van der Waals surface area contributed by atoms with Gasteiger partial charge in [-0.3, -0.25) is 4.40 Å². The molecule has 1 atom stereocenters. The fraction of sp³-hybridized carbons (Fsp3) is 0.188. The molecule has 1 aliphatic carbocycles. The number of aromatic nitrogens is 2. The predicted octanol–water partition coefficient (Wildman–Crippen LogP) is 3.09. The number of imidazole rings is 1. The first kappa shape index (κ1) is 15.6. The zero-order valence-corrected chi connectivity index (χ0v) is 14.0. The molecule has 124 valence electrons. The molecule has 1 aliphatic rings. The van der Waals surface area contributed by atoms with Gasteiger partial charge in [-0.1, -0.05) is 23.7 Å². The third-order valence-corrected chi connectivity index (χ3v) is 6.05. The molecule has 0 unspecified atom stereocenters. The van der Waals surface area contributed by atoms with Crippen molar-refractivity contribution in [2.75, 3.05) is 0 Å². The Morgan fingerprint density at radius 1 is 1.29 bits per heavy atom. The third-order valence-electron chi connectivity index (χ3n) is 4.18. The number of rotatable bonds is 3. The summed E-state index contributed by atoms with van der Waals surface area (Å²) >= 11 is 6.06. The second-order valence-corrected chi connectivity index (χ2v) is 7.68. The van der Waals surface area contributed by atoms with Crippen LogP contribution in [0.2, 0.25) is 5.15 Å². The number of hydrogen-bond acceptors (Lipinski definition) is 3. The van der Waals surface area contributed by atoms with Gasteiger partial charge in [0.1, 0.15) is 11.5 Å². The SMILES string of the molecule is O=S(=O)(N[C@H]1CCc2cc(F)ccc21)c1c(Cl)nc2ccccn12. The maximum absolute atomic E-state index is 13.3. The molecular formula is C16H13ClFN3O2S. The molecule has 1 aromatic carbocycles. The van der Waals surface area contributed by atoms with Crippen LogP contribution in [0.15, 0.2) is 47.6 Å². The van der Waals surface area contributed by atoms with Gasteiger partial charge in [0.05, 0.1) is 0 Å². The summed E-state index contributed by atoms with van der Waals surface area (Å²) in [6.07, 6.45) is 2.80. The van der Waals surface area contributed by atoms with Gasteiger partial charge in [-0.2, -0.15) is 0 Å². The van der Waals surface area contributed by atoms with Crippen LogP contribution in [-0.2, 0) is 16.4 Å². The van der Waals surface area contributed by atoms with Crippen LogP contribution < -0.4 is 4.72 Å².